The maximum absolute atomic E-state index is 10.2. The van der Waals surface area contributed by atoms with Gasteiger partial charge in [-0.2, -0.15) is 0 Å². The molecule has 70 valence electrons. The monoisotopic (exact) mass is 218 g/mol. The van der Waals surface area contributed by atoms with Gasteiger partial charge in [-0.25, -0.2) is 0 Å². The first-order chi connectivity index (χ1) is 6.13. The number of hydrogen-bond acceptors (Lipinski definition) is 2. The molecule has 1 atom stereocenters. The lowest BCUT2D eigenvalue weighted by Gasteiger charge is -2.04. The molecule has 0 spiro atoms. The van der Waals surface area contributed by atoms with E-state index >= 15 is 0 Å². The summed E-state index contributed by atoms with van der Waals surface area (Å²) in [5, 5.41) is 9.92. The fourth-order valence-corrected chi connectivity index (χ4v) is 1.28. The van der Waals surface area contributed by atoms with Crippen molar-refractivity contribution >= 4 is 29.5 Å². The van der Waals surface area contributed by atoms with Gasteiger partial charge in [0.1, 0.15) is 12.4 Å². The van der Waals surface area contributed by atoms with Crippen LogP contribution in [-0.2, 0) is 11.2 Å². The Bertz CT molecular complexity index is 312. The van der Waals surface area contributed by atoms with Gasteiger partial charge in [0.15, 0.2) is 0 Å². The van der Waals surface area contributed by atoms with E-state index in [0.29, 0.717) is 16.3 Å². The Morgan fingerprint density at radius 2 is 2.08 bits per heavy atom. The molecule has 4 heteroatoms. The van der Waals surface area contributed by atoms with E-state index in [9.17, 15) is 4.79 Å². The summed E-state index contributed by atoms with van der Waals surface area (Å²) in [5.74, 6) is 0. The van der Waals surface area contributed by atoms with E-state index in [1.165, 1.54) is 0 Å². The van der Waals surface area contributed by atoms with E-state index in [1.807, 2.05) is 0 Å². The number of carbonyl (C=O) groups excluding carboxylic acids is 1. The van der Waals surface area contributed by atoms with Gasteiger partial charge in [-0.3, -0.25) is 0 Å². The van der Waals surface area contributed by atoms with Crippen molar-refractivity contribution in [1.82, 2.24) is 0 Å². The van der Waals surface area contributed by atoms with Gasteiger partial charge in [-0.05, 0) is 17.7 Å². The molecule has 0 aliphatic rings. The zero-order valence-electron chi connectivity index (χ0n) is 6.71. The lowest BCUT2D eigenvalue weighted by molar-refractivity contribution is -0.114. The molecule has 1 unspecified atom stereocenters. The van der Waals surface area contributed by atoms with Crippen LogP contribution in [0.1, 0.15) is 5.56 Å². The van der Waals surface area contributed by atoms with Crippen LogP contribution in [0.3, 0.4) is 0 Å². The van der Waals surface area contributed by atoms with Gasteiger partial charge in [0, 0.05) is 6.42 Å². The van der Waals surface area contributed by atoms with E-state index in [1.54, 1.807) is 18.2 Å². The zero-order chi connectivity index (χ0) is 9.84. The number of benzene rings is 1. The van der Waals surface area contributed by atoms with Crippen LogP contribution < -0.4 is 0 Å². The van der Waals surface area contributed by atoms with Gasteiger partial charge in [-0.15, -0.1) is 0 Å². The molecule has 0 aliphatic carbocycles. The van der Waals surface area contributed by atoms with Crippen molar-refractivity contribution in [2.45, 2.75) is 12.5 Å². The van der Waals surface area contributed by atoms with Gasteiger partial charge in [0.2, 0.25) is 0 Å². The first-order valence-corrected chi connectivity index (χ1v) is 4.46. The van der Waals surface area contributed by atoms with Crippen molar-refractivity contribution in [3.8, 4) is 0 Å². The number of rotatable bonds is 3. The summed E-state index contributed by atoms with van der Waals surface area (Å²) in [6.45, 7) is 0. The minimum Gasteiger partial charge on any atom is -0.385 e. The summed E-state index contributed by atoms with van der Waals surface area (Å²) < 4.78 is 0. The fourth-order valence-electron chi connectivity index (χ4n) is 0.956. The molecule has 0 aromatic heterocycles. The van der Waals surface area contributed by atoms with Crippen LogP contribution >= 0.6 is 23.2 Å². The number of aliphatic hydroxyl groups is 1. The standard InChI is InChI=1S/C9H8Cl2O2/c10-8-2-1-6(4-9(8)11)3-7(13)5-12/h1-2,4-5,7,13H,3H2. The molecule has 1 rings (SSSR count). The second-order valence-corrected chi connectivity index (χ2v) is 3.47. The Labute approximate surface area is 86.1 Å². The Hall–Kier alpha value is -0.570. The van der Waals surface area contributed by atoms with Gasteiger partial charge < -0.3 is 9.90 Å². The molecule has 0 heterocycles. The molecule has 0 fully saturated rings. The van der Waals surface area contributed by atoms with Crippen molar-refractivity contribution < 1.29 is 9.90 Å². The third-order valence-electron chi connectivity index (χ3n) is 1.59. The van der Waals surface area contributed by atoms with Crippen molar-refractivity contribution in [2.24, 2.45) is 0 Å². The van der Waals surface area contributed by atoms with Crippen LogP contribution in [0.4, 0.5) is 0 Å². The highest BCUT2D eigenvalue weighted by Crippen LogP contribution is 2.22. The van der Waals surface area contributed by atoms with Gasteiger partial charge in [0.25, 0.3) is 0 Å². The maximum atomic E-state index is 10.2. The molecular formula is C9H8Cl2O2. The summed E-state index contributed by atoms with van der Waals surface area (Å²) >= 11 is 11.4. The quantitative estimate of drug-likeness (QED) is 0.790. The van der Waals surface area contributed by atoms with Crippen LogP contribution in [0.15, 0.2) is 18.2 Å². The molecule has 1 aromatic carbocycles. The summed E-state index contributed by atoms with van der Waals surface area (Å²) in [5.41, 5.74) is 0.786. The minimum absolute atomic E-state index is 0.264. The van der Waals surface area contributed by atoms with Crippen LogP contribution in [-0.4, -0.2) is 17.5 Å². The zero-order valence-corrected chi connectivity index (χ0v) is 8.22. The Balaban J connectivity index is 2.79. The Morgan fingerprint density at radius 3 is 2.62 bits per heavy atom. The first-order valence-electron chi connectivity index (χ1n) is 3.71. The average molecular weight is 219 g/mol. The predicted molar refractivity (Wildman–Crippen MR) is 52.2 cm³/mol. The smallest absolute Gasteiger partial charge is 0.148 e. The number of halogens is 2. The summed E-state index contributed by atoms with van der Waals surface area (Å²) in [6, 6.07) is 4.99. The largest absolute Gasteiger partial charge is 0.385 e. The van der Waals surface area contributed by atoms with Crippen molar-refractivity contribution in [3.05, 3.63) is 33.8 Å². The van der Waals surface area contributed by atoms with E-state index in [2.05, 4.69) is 0 Å². The average Bonchev–Trinajstić information content (AvgIpc) is 2.11. The molecule has 0 saturated heterocycles. The van der Waals surface area contributed by atoms with Crippen LogP contribution in [0, 0.1) is 0 Å². The van der Waals surface area contributed by atoms with Crippen molar-refractivity contribution in [2.75, 3.05) is 0 Å². The normalized spacial score (nSPS) is 12.5. The lowest BCUT2D eigenvalue weighted by Crippen LogP contribution is -2.11. The molecule has 2 nitrogen and oxygen atoms in total. The highest BCUT2D eigenvalue weighted by molar-refractivity contribution is 6.42. The van der Waals surface area contributed by atoms with Crippen LogP contribution in [0.25, 0.3) is 0 Å². The molecule has 13 heavy (non-hydrogen) atoms. The molecular weight excluding hydrogens is 211 g/mol. The SMILES string of the molecule is O=CC(O)Cc1ccc(Cl)c(Cl)c1. The topological polar surface area (TPSA) is 37.3 Å². The molecule has 0 bridgehead atoms. The van der Waals surface area contributed by atoms with Gasteiger partial charge in [0.05, 0.1) is 10.0 Å². The van der Waals surface area contributed by atoms with E-state index in [0.717, 1.165) is 5.56 Å². The summed E-state index contributed by atoms with van der Waals surface area (Å²) in [4.78, 5) is 10.2. The molecule has 0 aliphatic heterocycles. The fraction of sp³-hybridized carbons (Fsp3) is 0.222. The molecule has 0 radical (unpaired) electrons. The maximum Gasteiger partial charge on any atom is 0.148 e. The number of carbonyl (C=O) groups is 1. The van der Waals surface area contributed by atoms with Crippen LogP contribution in [0.2, 0.25) is 10.0 Å². The third kappa shape index (κ3) is 2.99. The molecule has 1 aromatic rings. The molecule has 0 saturated carbocycles. The Kier molecular flexibility index (Phi) is 3.72. The van der Waals surface area contributed by atoms with E-state index in [4.69, 9.17) is 28.3 Å². The summed E-state index contributed by atoms with van der Waals surface area (Å²) in [7, 11) is 0. The van der Waals surface area contributed by atoms with Crippen LogP contribution in [0.5, 0.6) is 0 Å². The second kappa shape index (κ2) is 4.61. The van der Waals surface area contributed by atoms with E-state index < -0.39 is 6.10 Å². The highest BCUT2D eigenvalue weighted by atomic mass is 35.5. The molecule has 1 N–H and O–H groups in total. The lowest BCUT2D eigenvalue weighted by atomic mass is 10.1. The highest BCUT2D eigenvalue weighted by Gasteiger charge is 2.05. The second-order valence-electron chi connectivity index (χ2n) is 2.66. The van der Waals surface area contributed by atoms with Crippen molar-refractivity contribution in [1.29, 1.82) is 0 Å². The minimum atomic E-state index is -0.975. The molecule has 0 amide bonds. The first kappa shape index (κ1) is 10.5. The van der Waals surface area contributed by atoms with Crippen molar-refractivity contribution in [3.63, 3.8) is 0 Å². The number of aliphatic hydroxyl groups excluding tert-OH is 1. The third-order valence-corrected chi connectivity index (χ3v) is 2.32. The number of aldehydes is 1. The Morgan fingerprint density at radius 1 is 1.38 bits per heavy atom. The predicted octanol–water partition coefficient (Wildman–Crippen LogP) is 2.10. The number of hydrogen-bond donors (Lipinski definition) is 1. The van der Waals surface area contributed by atoms with E-state index in [-0.39, 0.29) is 6.42 Å². The summed E-state index contributed by atoms with van der Waals surface area (Å²) in [6.07, 6.45) is -0.222. The van der Waals surface area contributed by atoms with Gasteiger partial charge in [-0.1, -0.05) is 29.3 Å². The van der Waals surface area contributed by atoms with Gasteiger partial charge >= 0.3 is 0 Å².